The standard InChI is InChI=1S/C10H21N3O/c1-4-13(8-10(14)12(2)3)9-5-6-11-7-9/h9,11H,4-8H2,1-3H3. The number of hydrogen-bond donors (Lipinski definition) is 1. The molecule has 1 aliphatic heterocycles. The van der Waals surface area contributed by atoms with Crippen LogP contribution < -0.4 is 5.32 Å². The topological polar surface area (TPSA) is 35.6 Å². The summed E-state index contributed by atoms with van der Waals surface area (Å²) in [6, 6.07) is 0.545. The van der Waals surface area contributed by atoms with Crippen molar-refractivity contribution >= 4 is 5.91 Å². The Morgan fingerprint density at radius 2 is 2.21 bits per heavy atom. The fraction of sp³-hybridized carbons (Fsp3) is 0.900. The Morgan fingerprint density at radius 1 is 1.50 bits per heavy atom. The largest absolute Gasteiger partial charge is 0.348 e. The molecule has 1 atom stereocenters. The molecule has 1 fully saturated rings. The quantitative estimate of drug-likeness (QED) is 0.678. The number of rotatable bonds is 4. The smallest absolute Gasteiger partial charge is 0.236 e. The zero-order chi connectivity index (χ0) is 10.6. The van der Waals surface area contributed by atoms with Gasteiger partial charge in [0.15, 0.2) is 0 Å². The van der Waals surface area contributed by atoms with Crippen molar-refractivity contribution in [2.24, 2.45) is 0 Å². The molecular weight excluding hydrogens is 178 g/mol. The van der Waals surface area contributed by atoms with Crippen molar-refractivity contribution < 1.29 is 4.79 Å². The van der Waals surface area contributed by atoms with E-state index < -0.39 is 0 Å². The van der Waals surface area contributed by atoms with Gasteiger partial charge in [0, 0.05) is 26.7 Å². The Morgan fingerprint density at radius 3 is 2.64 bits per heavy atom. The normalized spacial score (nSPS) is 21.6. The van der Waals surface area contributed by atoms with E-state index in [9.17, 15) is 4.79 Å². The molecule has 0 aromatic heterocycles. The van der Waals surface area contributed by atoms with Crippen molar-refractivity contribution in [2.75, 3.05) is 40.3 Å². The minimum Gasteiger partial charge on any atom is -0.348 e. The first-order valence-corrected chi connectivity index (χ1v) is 5.30. The van der Waals surface area contributed by atoms with Crippen LogP contribution in [0.1, 0.15) is 13.3 Å². The number of carbonyl (C=O) groups excluding carboxylic acids is 1. The SMILES string of the molecule is CCN(CC(=O)N(C)C)C1CCNC1. The first kappa shape index (κ1) is 11.5. The van der Waals surface area contributed by atoms with Gasteiger partial charge in [-0.3, -0.25) is 9.69 Å². The molecule has 1 rings (SSSR count). The van der Waals surface area contributed by atoms with Gasteiger partial charge in [-0.15, -0.1) is 0 Å². The number of amides is 1. The number of likely N-dealkylation sites (N-methyl/N-ethyl adjacent to an activating group) is 2. The molecule has 1 heterocycles. The predicted octanol–water partition coefficient (Wildman–Crippen LogP) is -0.242. The summed E-state index contributed by atoms with van der Waals surface area (Å²) in [5, 5.41) is 3.32. The van der Waals surface area contributed by atoms with E-state index >= 15 is 0 Å². The third-order valence-corrected chi connectivity index (χ3v) is 2.79. The maximum Gasteiger partial charge on any atom is 0.236 e. The van der Waals surface area contributed by atoms with Crippen molar-refractivity contribution in [1.82, 2.24) is 15.1 Å². The molecule has 14 heavy (non-hydrogen) atoms. The molecule has 0 aromatic carbocycles. The summed E-state index contributed by atoms with van der Waals surface area (Å²) in [4.78, 5) is 15.4. The van der Waals surface area contributed by atoms with Crippen LogP contribution in [0.15, 0.2) is 0 Å². The highest BCUT2D eigenvalue weighted by Gasteiger charge is 2.22. The second-order valence-electron chi connectivity index (χ2n) is 4.00. The molecule has 1 unspecified atom stereocenters. The van der Waals surface area contributed by atoms with Crippen LogP contribution in [0.4, 0.5) is 0 Å². The maximum absolute atomic E-state index is 11.5. The molecule has 0 aromatic rings. The van der Waals surface area contributed by atoms with Gasteiger partial charge in [0.25, 0.3) is 0 Å². The zero-order valence-corrected chi connectivity index (χ0v) is 9.42. The van der Waals surface area contributed by atoms with E-state index in [4.69, 9.17) is 0 Å². The summed E-state index contributed by atoms with van der Waals surface area (Å²) in [6.07, 6.45) is 1.16. The molecule has 0 aliphatic carbocycles. The Hall–Kier alpha value is -0.610. The van der Waals surface area contributed by atoms with Crippen molar-refractivity contribution in [2.45, 2.75) is 19.4 Å². The third-order valence-electron chi connectivity index (χ3n) is 2.79. The minimum atomic E-state index is 0.193. The van der Waals surface area contributed by atoms with Crippen molar-refractivity contribution in [3.05, 3.63) is 0 Å². The lowest BCUT2D eigenvalue weighted by Gasteiger charge is -2.27. The molecule has 1 N–H and O–H groups in total. The summed E-state index contributed by atoms with van der Waals surface area (Å²) in [5.74, 6) is 0.193. The van der Waals surface area contributed by atoms with Crippen LogP contribution in [-0.2, 0) is 4.79 Å². The Kier molecular flexibility index (Phi) is 4.35. The minimum absolute atomic E-state index is 0.193. The van der Waals surface area contributed by atoms with Crippen molar-refractivity contribution in [1.29, 1.82) is 0 Å². The van der Waals surface area contributed by atoms with Gasteiger partial charge in [-0.05, 0) is 19.5 Å². The lowest BCUT2D eigenvalue weighted by molar-refractivity contribution is -0.130. The van der Waals surface area contributed by atoms with Gasteiger partial charge in [-0.1, -0.05) is 6.92 Å². The van der Waals surface area contributed by atoms with Gasteiger partial charge < -0.3 is 10.2 Å². The Balaban J connectivity index is 2.41. The molecule has 4 heteroatoms. The Bertz CT molecular complexity index is 188. The third kappa shape index (κ3) is 2.96. The number of nitrogens with one attached hydrogen (secondary N) is 1. The molecule has 0 radical (unpaired) electrons. The van der Waals surface area contributed by atoms with E-state index in [-0.39, 0.29) is 5.91 Å². The van der Waals surface area contributed by atoms with Crippen LogP contribution in [0.25, 0.3) is 0 Å². The molecular formula is C10H21N3O. The van der Waals surface area contributed by atoms with Gasteiger partial charge in [0.1, 0.15) is 0 Å². The van der Waals surface area contributed by atoms with Crippen LogP contribution >= 0.6 is 0 Å². The van der Waals surface area contributed by atoms with Gasteiger partial charge >= 0.3 is 0 Å². The highest BCUT2D eigenvalue weighted by atomic mass is 16.2. The zero-order valence-electron chi connectivity index (χ0n) is 9.42. The molecule has 1 saturated heterocycles. The van der Waals surface area contributed by atoms with Crippen LogP contribution in [-0.4, -0.2) is 62.0 Å². The molecule has 1 amide bonds. The summed E-state index contributed by atoms with van der Waals surface area (Å²) < 4.78 is 0. The Labute approximate surface area is 86.2 Å². The van der Waals surface area contributed by atoms with Gasteiger partial charge in [-0.2, -0.15) is 0 Å². The fourth-order valence-corrected chi connectivity index (χ4v) is 1.77. The van der Waals surface area contributed by atoms with Crippen LogP contribution in [0, 0.1) is 0 Å². The van der Waals surface area contributed by atoms with E-state index in [1.54, 1.807) is 4.90 Å². The summed E-state index contributed by atoms with van der Waals surface area (Å²) >= 11 is 0. The fourth-order valence-electron chi connectivity index (χ4n) is 1.77. The summed E-state index contributed by atoms with van der Waals surface area (Å²) in [7, 11) is 3.62. The lowest BCUT2D eigenvalue weighted by Crippen LogP contribution is -2.43. The average molecular weight is 199 g/mol. The first-order chi connectivity index (χ1) is 6.65. The second-order valence-corrected chi connectivity index (χ2v) is 4.00. The summed E-state index contributed by atoms with van der Waals surface area (Å²) in [5.41, 5.74) is 0. The molecule has 0 spiro atoms. The van der Waals surface area contributed by atoms with Gasteiger partial charge in [0.2, 0.25) is 5.91 Å². The monoisotopic (exact) mass is 199 g/mol. The number of nitrogens with zero attached hydrogens (tertiary/aromatic N) is 2. The van der Waals surface area contributed by atoms with Crippen molar-refractivity contribution in [3.63, 3.8) is 0 Å². The molecule has 1 aliphatic rings. The van der Waals surface area contributed by atoms with Gasteiger partial charge in [0.05, 0.1) is 6.54 Å². The average Bonchev–Trinajstić information content (AvgIpc) is 2.66. The second kappa shape index (κ2) is 5.32. The van der Waals surface area contributed by atoms with Crippen LogP contribution in [0.5, 0.6) is 0 Å². The van der Waals surface area contributed by atoms with E-state index in [2.05, 4.69) is 17.1 Å². The van der Waals surface area contributed by atoms with Crippen molar-refractivity contribution in [3.8, 4) is 0 Å². The van der Waals surface area contributed by atoms with Gasteiger partial charge in [-0.25, -0.2) is 0 Å². The number of carbonyl (C=O) groups is 1. The molecule has 82 valence electrons. The summed E-state index contributed by atoms with van der Waals surface area (Å²) in [6.45, 7) is 5.72. The van der Waals surface area contributed by atoms with Crippen LogP contribution in [0.2, 0.25) is 0 Å². The molecule has 0 bridgehead atoms. The maximum atomic E-state index is 11.5. The van der Waals surface area contributed by atoms with E-state index in [1.807, 2.05) is 14.1 Å². The number of hydrogen-bond acceptors (Lipinski definition) is 3. The van der Waals surface area contributed by atoms with E-state index in [0.717, 1.165) is 26.1 Å². The first-order valence-electron chi connectivity index (χ1n) is 5.30. The molecule has 0 saturated carbocycles. The highest BCUT2D eigenvalue weighted by molar-refractivity contribution is 5.77. The lowest BCUT2D eigenvalue weighted by atomic mass is 10.2. The highest BCUT2D eigenvalue weighted by Crippen LogP contribution is 2.07. The predicted molar refractivity (Wildman–Crippen MR) is 57.2 cm³/mol. The molecule has 4 nitrogen and oxygen atoms in total. The van der Waals surface area contributed by atoms with E-state index in [1.165, 1.54) is 0 Å². The van der Waals surface area contributed by atoms with Crippen LogP contribution in [0.3, 0.4) is 0 Å². The van der Waals surface area contributed by atoms with E-state index in [0.29, 0.717) is 12.6 Å².